The van der Waals surface area contributed by atoms with Crippen molar-refractivity contribution in [2.75, 3.05) is 0 Å². The van der Waals surface area contributed by atoms with E-state index in [-0.39, 0.29) is 17.1 Å². The monoisotopic (exact) mass is 457 g/mol. The van der Waals surface area contributed by atoms with Crippen molar-refractivity contribution in [1.29, 1.82) is 0 Å². The second-order valence-corrected chi connectivity index (χ2v) is 9.07. The number of benzene rings is 3. The van der Waals surface area contributed by atoms with Crippen LogP contribution in [0.2, 0.25) is 0 Å². The van der Waals surface area contributed by atoms with Crippen molar-refractivity contribution in [2.45, 2.75) is 24.3 Å². The van der Waals surface area contributed by atoms with E-state index < -0.39 is 16.1 Å². The van der Waals surface area contributed by atoms with Crippen molar-refractivity contribution in [2.24, 2.45) is 0 Å². The lowest BCUT2D eigenvalue weighted by Crippen LogP contribution is -2.30. The number of Topliss-reactive ketones (excluding diaryl/α,β-unsaturated/α-hetero) is 1. The molecule has 0 radical (unpaired) electrons. The van der Waals surface area contributed by atoms with Gasteiger partial charge in [0, 0.05) is 16.5 Å². The van der Waals surface area contributed by atoms with E-state index in [1.807, 2.05) is 37.3 Å². The molecule has 4 nitrogen and oxygen atoms in total. The van der Waals surface area contributed by atoms with E-state index >= 15 is 0 Å². The lowest BCUT2D eigenvalue weighted by Gasteiger charge is -2.20. The molecule has 0 aromatic heterocycles. The second-order valence-electron chi connectivity index (χ2n) is 6.50. The molecule has 3 aromatic carbocycles. The molecule has 0 saturated heterocycles. The lowest BCUT2D eigenvalue weighted by atomic mass is 9.99. The molecule has 0 aliphatic rings. The molecule has 0 aliphatic carbocycles. The molecule has 0 saturated carbocycles. The SMILES string of the molecule is Cc1ccc(S(=O)(=O)N[C@@H](CC(=O)c2ccccc2)c2ccccc2Br)cc1. The molecule has 144 valence electrons. The van der Waals surface area contributed by atoms with Gasteiger partial charge in [0.15, 0.2) is 5.78 Å². The minimum absolute atomic E-state index is 0.0116. The predicted molar refractivity (Wildman–Crippen MR) is 114 cm³/mol. The van der Waals surface area contributed by atoms with Crippen LogP contribution in [0.3, 0.4) is 0 Å². The standard InChI is InChI=1S/C22H20BrNO3S/c1-16-11-13-18(14-12-16)28(26,27)24-21(19-9-5-6-10-20(19)23)15-22(25)17-7-3-2-4-8-17/h2-14,21,24H,15H2,1H3/t21-/m0/s1. The number of hydrogen-bond donors (Lipinski definition) is 1. The normalized spacial score (nSPS) is 12.5. The quantitative estimate of drug-likeness (QED) is 0.504. The highest BCUT2D eigenvalue weighted by Gasteiger charge is 2.25. The third-order valence-corrected chi connectivity index (χ3v) is 6.60. The van der Waals surface area contributed by atoms with Crippen LogP contribution in [0.4, 0.5) is 0 Å². The number of aryl methyl sites for hydroxylation is 1. The first-order valence-corrected chi connectivity index (χ1v) is 11.1. The van der Waals surface area contributed by atoms with E-state index in [1.165, 1.54) is 0 Å². The zero-order valence-electron chi connectivity index (χ0n) is 15.3. The number of rotatable bonds is 7. The summed E-state index contributed by atoms with van der Waals surface area (Å²) in [6.45, 7) is 1.90. The summed E-state index contributed by atoms with van der Waals surface area (Å²) in [7, 11) is -3.79. The molecular formula is C22H20BrNO3S. The first-order chi connectivity index (χ1) is 13.4. The topological polar surface area (TPSA) is 63.2 Å². The molecule has 0 heterocycles. The van der Waals surface area contributed by atoms with Crippen LogP contribution in [-0.4, -0.2) is 14.2 Å². The molecule has 3 rings (SSSR count). The maximum Gasteiger partial charge on any atom is 0.241 e. The summed E-state index contributed by atoms with van der Waals surface area (Å²) in [5, 5.41) is 0. The number of halogens is 1. The second kappa shape index (κ2) is 8.82. The Hall–Kier alpha value is -2.28. The van der Waals surface area contributed by atoms with Gasteiger partial charge in [-0.1, -0.05) is 82.2 Å². The zero-order valence-corrected chi connectivity index (χ0v) is 17.7. The van der Waals surface area contributed by atoms with Crippen LogP contribution in [0.25, 0.3) is 0 Å². The first-order valence-electron chi connectivity index (χ1n) is 8.78. The van der Waals surface area contributed by atoms with Crippen LogP contribution in [-0.2, 0) is 10.0 Å². The summed E-state index contributed by atoms with van der Waals surface area (Å²) in [4.78, 5) is 12.9. The van der Waals surface area contributed by atoms with Crippen LogP contribution >= 0.6 is 15.9 Å². The van der Waals surface area contributed by atoms with E-state index in [1.54, 1.807) is 48.5 Å². The molecule has 0 fully saturated rings. The number of hydrogen-bond acceptors (Lipinski definition) is 3. The molecule has 3 aromatic rings. The fourth-order valence-electron chi connectivity index (χ4n) is 2.87. The van der Waals surface area contributed by atoms with E-state index in [4.69, 9.17) is 0 Å². The van der Waals surface area contributed by atoms with Gasteiger partial charge in [-0.3, -0.25) is 4.79 Å². The van der Waals surface area contributed by atoms with E-state index in [2.05, 4.69) is 20.7 Å². The summed E-state index contributed by atoms with van der Waals surface area (Å²) >= 11 is 3.47. The van der Waals surface area contributed by atoms with Crippen LogP contribution in [0.1, 0.15) is 33.9 Å². The molecule has 0 amide bonds. The molecule has 1 atom stereocenters. The average molecular weight is 458 g/mol. The van der Waals surface area contributed by atoms with Crippen LogP contribution in [0.5, 0.6) is 0 Å². The predicted octanol–water partition coefficient (Wildman–Crippen LogP) is 5.05. The van der Waals surface area contributed by atoms with Gasteiger partial charge in [0.1, 0.15) is 0 Å². The molecule has 28 heavy (non-hydrogen) atoms. The number of sulfonamides is 1. The molecule has 1 N–H and O–H groups in total. The Morgan fingerprint density at radius 2 is 1.54 bits per heavy atom. The molecule has 0 unspecified atom stereocenters. The zero-order chi connectivity index (χ0) is 20.1. The van der Waals surface area contributed by atoms with E-state index in [9.17, 15) is 13.2 Å². The summed E-state index contributed by atoms with van der Waals surface area (Å²) in [6.07, 6.45) is 0.0116. The number of carbonyl (C=O) groups excluding carboxylic acids is 1. The summed E-state index contributed by atoms with van der Waals surface area (Å²) < 4.78 is 29.3. The Bertz CT molecular complexity index is 1060. The van der Waals surface area contributed by atoms with Gasteiger partial charge in [-0.2, -0.15) is 0 Å². The average Bonchev–Trinajstić information content (AvgIpc) is 2.68. The Morgan fingerprint density at radius 3 is 2.18 bits per heavy atom. The Labute approximate surface area is 173 Å². The summed E-state index contributed by atoms with van der Waals surface area (Å²) in [6, 6.07) is 22.1. The first kappa shape index (κ1) is 20.5. The number of carbonyl (C=O) groups is 1. The maximum atomic E-state index is 12.9. The van der Waals surface area contributed by atoms with Gasteiger partial charge in [-0.15, -0.1) is 0 Å². The fourth-order valence-corrected chi connectivity index (χ4v) is 4.65. The third-order valence-electron chi connectivity index (χ3n) is 4.39. The largest absolute Gasteiger partial charge is 0.294 e. The van der Waals surface area contributed by atoms with Crippen LogP contribution in [0.15, 0.2) is 88.2 Å². The van der Waals surface area contributed by atoms with Gasteiger partial charge >= 0.3 is 0 Å². The van der Waals surface area contributed by atoms with Crippen LogP contribution < -0.4 is 4.72 Å². The van der Waals surface area contributed by atoms with Crippen molar-refractivity contribution in [3.8, 4) is 0 Å². The molecule has 0 aliphatic heterocycles. The van der Waals surface area contributed by atoms with E-state index in [0.29, 0.717) is 11.1 Å². The van der Waals surface area contributed by atoms with Gasteiger partial charge in [0.05, 0.1) is 10.9 Å². The molecule has 0 spiro atoms. The Kier molecular flexibility index (Phi) is 6.44. The maximum absolute atomic E-state index is 12.9. The van der Waals surface area contributed by atoms with Gasteiger partial charge in [0.2, 0.25) is 10.0 Å². The smallest absolute Gasteiger partial charge is 0.241 e. The van der Waals surface area contributed by atoms with Gasteiger partial charge in [-0.05, 0) is 30.7 Å². The van der Waals surface area contributed by atoms with Crippen molar-refractivity contribution in [3.05, 3.63) is 100 Å². The molecule has 6 heteroatoms. The number of nitrogens with one attached hydrogen (secondary N) is 1. The third kappa shape index (κ3) is 4.95. The molecule has 0 bridgehead atoms. The Morgan fingerprint density at radius 1 is 0.929 bits per heavy atom. The van der Waals surface area contributed by atoms with Crippen molar-refractivity contribution >= 4 is 31.7 Å². The van der Waals surface area contributed by atoms with Crippen molar-refractivity contribution in [3.63, 3.8) is 0 Å². The highest BCUT2D eigenvalue weighted by molar-refractivity contribution is 9.10. The highest BCUT2D eigenvalue weighted by atomic mass is 79.9. The van der Waals surface area contributed by atoms with Gasteiger partial charge in [0.25, 0.3) is 0 Å². The summed E-state index contributed by atoms with van der Waals surface area (Å²) in [5.74, 6) is -0.132. The van der Waals surface area contributed by atoms with Crippen molar-refractivity contribution in [1.82, 2.24) is 4.72 Å². The molecular weight excluding hydrogens is 438 g/mol. The van der Waals surface area contributed by atoms with E-state index in [0.717, 1.165) is 10.0 Å². The van der Waals surface area contributed by atoms with Crippen LogP contribution in [0, 0.1) is 6.92 Å². The van der Waals surface area contributed by atoms with Gasteiger partial charge in [-0.25, -0.2) is 13.1 Å². The van der Waals surface area contributed by atoms with Gasteiger partial charge < -0.3 is 0 Å². The fraction of sp³-hybridized carbons (Fsp3) is 0.136. The summed E-state index contributed by atoms with van der Waals surface area (Å²) in [5.41, 5.74) is 2.23. The Balaban J connectivity index is 1.93. The highest BCUT2D eigenvalue weighted by Crippen LogP contribution is 2.28. The lowest BCUT2D eigenvalue weighted by molar-refractivity contribution is 0.0972. The van der Waals surface area contributed by atoms with Crippen molar-refractivity contribution < 1.29 is 13.2 Å². The minimum Gasteiger partial charge on any atom is -0.294 e. The minimum atomic E-state index is -3.79. The number of ketones is 1.